The predicted molar refractivity (Wildman–Crippen MR) is 94.5 cm³/mol. The van der Waals surface area contributed by atoms with Gasteiger partial charge >= 0.3 is 12.1 Å². The minimum Gasteiger partial charge on any atom is -0.475 e. The molecule has 1 aromatic heterocycles. The number of carboxylic acids is 1. The second-order valence-corrected chi connectivity index (χ2v) is 6.54. The molecule has 1 fully saturated rings. The third kappa shape index (κ3) is 5.41. The number of rotatable bonds is 2. The van der Waals surface area contributed by atoms with E-state index in [0.29, 0.717) is 13.1 Å². The molecule has 0 bridgehead atoms. The molecule has 8 nitrogen and oxygen atoms in total. The molecule has 0 saturated carbocycles. The van der Waals surface area contributed by atoms with Gasteiger partial charge in [0.1, 0.15) is 0 Å². The Balaban J connectivity index is 0.000000345. The van der Waals surface area contributed by atoms with Crippen LogP contribution in [0.2, 0.25) is 0 Å². The van der Waals surface area contributed by atoms with E-state index in [1.807, 2.05) is 0 Å². The lowest BCUT2D eigenvalue weighted by Crippen LogP contribution is -2.44. The number of halogens is 3. The molecule has 2 aliphatic rings. The fraction of sp³-hybridized carbons (Fsp3) is 0.529. The van der Waals surface area contributed by atoms with Gasteiger partial charge in [-0.2, -0.15) is 18.3 Å². The third-order valence-electron chi connectivity index (χ3n) is 4.50. The van der Waals surface area contributed by atoms with E-state index in [0.717, 1.165) is 43.7 Å². The summed E-state index contributed by atoms with van der Waals surface area (Å²) in [6.07, 6.45) is 1.02. The van der Waals surface area contributed by atoms with Crippen LogP contribution in [-0.2, 0) is 22.6 Å². The van der Waals surface area contributed by atoms with Crippen molar-refractivity contribution in [2.45, 2.75) is 38.0 Å². The van der Waals surface area contributed by atoms with Crippen molar-refractivity contribution in [1.29, 1.82) is 0 Å². The number of carbonyl (C=O) groups is 2. The van der Waals surface area contributed by atoms with Crippen LogP contribution in [0.25, 0.3) is 0 Å². The van der Waals surface area contributed by atoms with Crippen molar-refractivity contribution in [3.63, 3.8) is 0 Å². The van der Waals surface area contributed by atoms with Crippen molar-refractivity contribution in [2.75, 3.05) is 24.5 Å². The normalized spacial score (nSPS) is 19.2. The van der Waals surface area contributed by atoms with Gasteiger partial charge in [-0.1, -0.05) is 6.58 Å². The molecule has 28 heavy (non-hydrogen) atoms. The van der Waals surface area contributed by atoms with E-state index in [9.17, 15) is 18.0 Å². The molecule has 0 spiro atoms. The number of amides is 1. The van der Waals surface area contributed by atoms with Crippen LogP contribution in [-0.4, -0.2) is 63.9 Å². The van der Waals surface area contributed by atoms with Crippen molar-refractivity contribution < 1.29 is 27.9 Å². The predicted octanol–water partition coefficient (Wildman–Crippen LogP) is 1.11. The van der Waals surface area contributed by atoms with Gasteiger partial charge in [-0.15, -0.1) is 5.10 Å². The van der Waals surface area contributed by atoms with Crippen LogP contribution in [0.5, 0.6) is 0 Å². The van der Waals surface area contributed by atoms with Crippen molar-refractivity contribution in [3.8, 4) is 0 Å². The summed E-state index contributed by atoms with van der Waals surface area (Å²) in [7, 11) is 0. The van der Waals surface area contributed by atoms with Gasteiger partial charge < -0.3 is 20.6 Å². The molecule has 0 radical (unpaired) electrons. The smallest absolute Gasteiger partial charge is 0.475 e. The molecule has 1 atom stereocenters. The number of hydrogen-bond donors (Lipinski definition) is 2. The molecule has 3 heterocycles. The Morgan fingerprint density at radius 1 is 1.36 bits per heavy atom. The molecule has 3 N–H and O–H groups in total. The third-order valence-corrected chi connectivity index (χ3v) is 4.50. The first-order valence-electron chi connectivity index (χ1n) is 8.69. The molecule has 0 aromatic carbocycles. The zero-order valence-corrected chi connectivity index (χ0v) is 15.2. The van der Waals surface area contributed by atoms with Crippen LogP contribution in [0.3, 0.4) is 0 Å². The van der Waals surface area contributed by atoms with Gasteiger partial charge in [0.15, 0.2) is 5.82 Å². The first-order chi connectivity index (χ1) is 13.1. The number of fused-ring (bicyclic) bond motifs is 1. The number of aliphatic carboxylic acids is 1. The Morgan fingerprint density at radius 3 is 2.61 bits per heavy atom. The van der Waals surface area contributed by atoms with Gasteiger partial charge in [0.2, 0.25) is 5.91 Å². The lowest BCUT2D eigenvalue weighted by atomic mass is 10.00. The fourth-order valence-electron chi connectivity index (χ4n) is 3.15. The van der Waals surface area contributed by atoms with E-state index in [2.05, 4.69) is 21.7 Å². The molecular formula is C17H22F3N5O3. The Labute approximate surface area is 159 Å². The van der Waals surface area contributed by atoms with Crippen LogP contribution in [0.4, 0.5) is 19.0 Å². The number of hydrogen-bond acceptors (Lipinski definition) is 6. The second kappa shape index (κ2) is 9.00. The first kappa shape index (κ1) is 21.6. The molecule has 0 aliphatic carbocycles. The highest BCUT2D eigenvalue weighted by Gasteiger charge is 2.38. The van der Waals surface area contributed by atoms with E-state index < -0.39 is 12.1 Å². The van der Waals surface area contributed by atoms with Crippen molar-refractivity contribution >= 4 is 17.7 Å². The largest absolute Gasteiger partial charge is 0.490 e. The molecule has 3 rings (SSSR count). The standard InChI is InChI=1S/C15H21N5O.C2HF3O2/c1-2-14(21)19-7-5-13-11(9-19)8-17-18-15(13)20-6-3-4-12(16)10-20;3-2(4,5)1(6)7/h2,8,12H,1,3-7,9-10,16H2;(H,6,7)/t12-;/m1./s1. The van der Waals surface area contributed by atoms with Crippen LogP contribution < -0.4 is 10.6 Å². The van der Waals surface area contributed by atoms with Crippen LogP contribution >= 0.6 is 0 Å². The zero-order valence-electron chi connectivity index (χ0n) is 15.2. The maximum atomic E-state index is 11.8. The van der Waals surface area contributed by atoms with Gasteiger partial charge in [0.05, 0.1) is 6.20 Å². The van der Waals surface area contributed by atoms with E-state index in [-0.39, 0.29) is 11.9 Å². The number of nitrogens with zero attached hydrogens (tertiary/aromatic N) is 4. The quantitative estimate of drug-likeness (QED) is 0.714. The van der Waals surface area contributed by atoms with Crippen molar-refractivity contribution in [1.82, 2.24) is 15.1 Å². The molecule has 154 valence electrons. The average molecular weight is 401 g/mol. The van der Waals surface area contributed by atoms with Gasteiger partial charge in [-0.05, 0) is 30.9 Å². The lowest BCUT2D eigenvalue weighted by molar-refractivity contribution is -0.192. The summed E-state index contributed by atoms with van der Waals surface area (Å²) in [5, 5.41) is 15.6. The summed E-state index contributed by atoms with van der Waals surface area (Å²) < 4.78 is 31.7. The van der Waals surface area contributed by atoms with E-state index in [1.165, 1.54) is 11.6 Å². The number of carbonyl (C=O) groups excluding carboxylic acids is 1. The average Bonchev–Trinajstić information content (AvgIpc) is 2.66. The highest BCUT2D eigenvalue weighted by Crippen LogP contribution is 2.28. The van der Waals surface area contributed by atoms with Crippen LogP contribution in [0.15, 0.2) is 18.9 Å². The SMILES string of the molecule is C=CC(=O)N1CCc2c(cnnc2N2CCC[C@@H](N)C2)C1.O=C(O)C(F)(F)F. The zero-order chi connectivity index (χ0) is 20.9. The van der Waals surface area contributed by atoms with Crippen LogP contribution in [0.1, 0.15) is 24.0 Å². The number of piperidine rings is 1. The van der Waals surface area contributed by atoms with Gasteiger partial charge in [0, 0.05) is 37.8 Å². The fourth-order valence-corrected chi connectivity index (χ4v) is 3.15. The minimum atomic E-state index is -5.08. The minimum absolute atomic E-state index is 0.0287. The second-order valence-electron chi connectivity index (χ2n) is 6.54. The summed E-state index contributed by atoms with van der Waals surface area (Å²) in [6, 6.07) is 0.207. The van der Waals surface area contributed by atoms with Crippen molar-refractivity contribution in [2.24, 2.45) is 5.73 Å². The highest BCUT2D eigenvalue weighted by atomic mass is 19.4. The molecule has 0 unspecified atom stereocenters. The summed E-state index contributed by atoms with van der Waals surface area (Å²) >= 11 is 0. The molecule has 2 aliphatic heterocycles. The summed E-state index contributed by atoms with van der Waals surface area (Å²) in [6.45, 7) is 6.65. The summed E-state index contributed by atoms with van der Waals surface area (Å²) in [5.74, 6) is -1.83. The lowest BCUT2D eigenvalue weighted by Gasteiger charge is -2.35. The molecule has 1 aromatic rings. The summed E-state index contributed by atoms with van der Waals surface area (Å²) in [4.78, 5) is 24.7. The van der Waals surface area contributed by atoms with Gasteiger partial charge in [-0.25, -0.2) is 4.79 Å². The Kier molecular flexibility index (Phi) is 6.95. The number of aromatic nitrogens is 2. The first-order valence-corrected chi connectivity index (χ1v) is 8.69. The van der Waals surface area contributed by atoms with E-state index >= 15 is 0 Å². The van der Waals surface area contributed by atoms with E-state index in [4.69, 9.17) is 15.6 Å². The Bertz CT molecular complexity index is 741. The summed E-state index contributed by atoms with van der Waals surface area (Å²) in [5.41, 5.74) is 8.36. The molecule has 1 amide bonds. The van der Waals surface area contributed by atoms with Gasteiger partial charge in [-0.3, -0.25) is 4.79 Å². The maximum Gasteiger partial charge on any atom is 0.490 e. The molecule has 1 saturated heterocycles. The van der Waals surface area contributed by atoms with Crippen molar-refractivity contribution in [3.05, 3.63) is 30.0 Å². The monoisotopic (exact) mass is 401 g/mol. The maximum absolute atomic E-state index is 11.8. The molecular weight excluding hydrogens is 379 g/mol. The number of anilines is 1. The number of carboxylic acid groups (broad SMARTS) is 1. The number of alkyl halides is 3. The van der Waals surface area contributed by atoms with Crippen LogP contribution in [0, 0.1) is 0 Å². The topological polar surface area (TPSA) is 113 Å². The van der Waals surface area contributed by atoms with E-state index in [1.54, 1.807) is 11.1 Å². The number of nitrogens with two attached hydrogens (primary N) is 1. The van der Waals surface area contributed by atoms with Gasteiger partial charge in [0.25, 0.3) is 0 Å². The Morgan fingerprint density at radius 2 is 2.04 bits per heavy atom. The molecule has 11 heteroatoms. The Hall–Kier alpha value is -2.69. The highest BCUT2D eigenvalue weighted by molar-refractivity contribution is 5.87.